The van der Waals surface area contributed by atoms with E-state index in [1.807, 2.05) is 23.5 Å². The van der Waals surface area contributed by atoms with E-state index < -0.39 is 0 Å². The molecule has 0 saturated carbocycles. The van der Waals surface area contributed by atoms with Crippen LogP contribution in [-0.2, 0) is 4.74 Å². The second-order valence-electron chi connectivity index (χ2n) is 2.77. The molecule has 1 aliphatic heterocycles. The molecule has 0 N–H and O–H groups in total. The quantitative estimate of drug-likeness (QED) is 0.498. The first-order valence-corrected chi connectivity index (χ1v) is 6.85. The number of hydrogen-bond acceptors (Lipinski definition) is 4. The minimum absolute atomic E-state index is 0.924. The van der Waals surface area contributed by atoms with Gasteiger partial charge in [-0.05, 0) is 6.26 Å². The molecule has 0 aromatic rings. The zero-order chi connectivity index (χ0) is 8.65. The van der Waals surface area contributed by atoms with Crippen LogP contribution in [0.5, 0.6) is 0 Å². The predicted molar refractivity (Wildman–Crippen MR) is 58.1 cm³/mol. The summed E-state index contributed by atoms with van der Waals surface area (Å²) in [4.78, 5) is 2.48. The molecular formula is C8H17NOS2. The Balaban J connectivity index is 1.91. The molecule has 0 atom stereocenters. The van der Waals surface area contributed by atoms with E-state index >= 15 is 0 Å². The Labute approximate surface area is 83.4 Å². The average molecular weight is 207 g/mol. The lowest BCUT2D eigenvalue weighted by Crippen LogP contribution is -2.37. The Hall–Kier alpha value is 0.620. The van der Waals surface area contributed by atoms with Crippen LogP contribution in [-0.4, -0.2) is 54.8 Å². The molecule has 0 aromatic heterocycles. The van der Waals surface area contributed by atoms with Crippen molar-refractivity contribution < 1.29 is 4.74 Å². The fraction of sp³-hybridized carbons (Fsp3) is 1.00. The van der Waals surface area contributed by atoms with Crippen molar-refractivity contribution in [3.8, 4) is 0 Å². The second-order valence-corrected chi connectivity index (χ2v) is 5.11. The van der Waals surface area contributed by atoms with Gasteiger partial charge in [0.2, 0.25) is 0 Å². The topological polar surface area (TPSA) is 12.5 Å². The minimum Gasteiger partial charge on any atom is -0.379 e. The largest absolute Gasteiger partial charge is 0.379 e. The summed E-state index contributed by atoms with van der Waals surface area (Å²) in [6.07, 6.45) is 2.15. The van der Waals surface area contributed by atoms with Crippen molar-refractivity contribution in [1.29, 1.82) is 0 Å². The van der Waals surface area contributed by atoms with Gasteiger partial charge in [-0.1, -0.05) is 0 Å². The van der Waals surface area contributed by atoms with Crippen LogP contribution in [0.1, 0.15) is 0 Å². The normalized spacial score (nSPS) is 19.8. The molecule has 1 aliphatic rings. The van der Waals surface area contributed by atoms with Gasteiger partial charge in [-0.25, -0.2) is 0 Å². The van der Waals surface area contributed by atoms with E-state index in [4.69, 9.17) is 4.74 Å². The number of ether oxygens (including phenoxy) is 1. The summed E-state index contributed by atoms with van der Waals surface area (Å²) in [5, 5.41) is 1.23. The van der Waals surface area contributed by atoms with Gasteiger partial charge in [-0.15, -0.1) is 11.8 Å². The third-order valence-corrected chi connectivity index (χ3v) is 3.94. The Kier molecular flexibility index (Phi) is 6.30. The van der Waals surface area contributed by atoms with Crippen molar-refractivity contribution in [3.63, 3.8) is 0 Å². The maximum atomic E-state index is 5.27. The van der Waals surface area contributed by atoms with Gasteiger partial charge in [0, 0.05) is 30.5 Å². The van der Waals surface area contributed by atoms with E-state index in [1.165, 1.54) is 17.4 Å². The number of nitrogens with zero attached hydrogens (tertiary/aromatic N) is 1. The summed E-state index contributed by atoms with van der Waals surface area (Å²) in [7, 11) is 0. The molecule has 0 spiro atoms. The van der Waals surface area contributed by atoms with Crippen LogP contribution in [0.25, 0.3) is 0 Å². The van der Waals surface area contributed by atoms with Gasteiger partial charge in [0.15, 0.2) is 0 Å². The molecule has 0 radical (unpaired) electrons. The van der Waals surface area contributed by atoms with Crippen LogP contribution < -0.4 is 0 Å². The lowest BCUT2D eigenvalue weighted by Gasteiger charge is -2.26. The highest BCUT2D eigenvalue weighted by atomic mass is 32.2. The Morgan fingerprint density at radius 1 is 1.33 bits per heavy atom. The van der Waals surface area contributed by atoms with Gasteiger partial charge in [-0.3, -0.25) is 4.90 Å². The predicted octanol–water partition coefficient (Wildman–Crippen LogP) is 1.37. The second kappa shape index (κ2) is 7.06. The highest BCUT2D eigenvalue weighted by Crippen LogP contribution is 2.08. The van der Waals surface area contributed by atoms with Crippen molar-refractivity contribution in [2.75, 3.05) is 49.9 Å². The smallest absolute Gasteiger partial charge is 0.0594 e. The molecule has 72 valence electrons. The van der Waals surface area contributed by atoms with E-state index in [0.29, 0.717) is 0 Å². The molecule has 0 aliphatic carbocycles. The lowest BCUT2D eigenvalue weighted by atomic mass is 10.4. The summed E-state index contributed by atoms with van der Waals surface area (Å²) < 4.78 is 5.27. The maximum absolute atomic E-state index is 5.27. The summed E-state index contributed by atoms with van der Waals surface area (Å²) in [5.41, 5.74) is 0. The molecule has 4 heteroatoms. The summed E-state index contributed by atoms with van der Waals surface area (Å²) >= 11 is 3.94. The SMILES string of the molecule is CSCSCCN1CCOCC1. The Morgan fingerprint density at radius 3 is 2.75 bits per heavy atom. The molecule has 1 heterocycles. The average Bonchev–Trinajstić information content (AvgIpc) is 2.14. The fourth-order valence-electron chi connectivity index (χ4n) is 1.16. The van der Waals surface area contributed by atoms with Gasteiger partial charge in [0.05, 0.1) is 13.2 Å². The first-order valence-electron chi connectivity index (χ1n) is 4.30. The van der Waals surface area contributed by atoms with Crippen molar-refractivity contribution >= 4 is 23.5 Å². The van der Waals surface area contributed by atoms with Gasteiger partial charge < -0.3 is 4.74 Å². The third-order valence-electron chi connectivity index (χ3n) is 1.86. The molecule has 0 bridgehead atoms. The Morgan fingerprint density at radius 2 is 2.08 bits per heavy atom. The van der Waals surface area contributed by atoms with Crippen molar-refractivity contribution in [3.05, 3.63) is 0 Å². The van der Waals surface area contributed by atoms with Crippen LogP contribution in [0.15, 0.2) is 0 Å². The fourth-order valence-corrected chi connectivity index (χ4v) is 2.69. The van der Waals surface area contributed by atoms with Crippen molar-refractivity contribution in [2.24, 2.45) is 0 Å². The molecule has 0 unspecified atom stereocenters. The van der Waals surface area contributed by atoms with Crippen LogP contribution in [0.4, 0.5) is 0 Å². The zero-order valence-corrected chi connectivity index (χ0v) is 9.25. The molecule has 1 fully saturated rings. The summed E-state index contributed by atoms with van der Waals surface area (Å²) in [5.74, 6) is 1.26. The molecule has 0 aromatic carbocycles. The number of morpholine rings is 1. The van der Waals surface area contributed by atoms with E-state index in [2.05, 4.69) is 11.2 Å². The molecule has 0 amide bonds. The lowest BCUT2D eigenvalue weighted by molar-refractivity contribution is 0.0410. The zero-order valence-electron chi connectivity index (χ0n) is 7.62. The molecule has 2 nitrogen and oxygen atoms in total. The van der Waals surface area contributed by atoms with Gasteiger partial charge in [0.25, 0.3) is 0 Å². The van der Waals surface area contributed by atoms with Crippen LogP contribution in [0.3, 0.4) is 0 Å². The van der Waals surface area contributed by atoms with E-state index in [1.54, 1.807) is 0 Å². The Bertz CT molecular complexity index is 107. The summed E-state index contributed by atoms with van der Waals surface area (Å²) in [6, 6.07) is 0. The summed E-state index contributed by atoms with van der Waals surface area (Å²) in [6.45, 7) is 5.33. The third kappa shape index (κ3) is 4.60. The highest BCUT2D eigenvalue weighted by Gasteiger charge is 2.08. The number of thioether (sulfide) groups is 2. The molecule has 1 rings (SSSR count). The highest BCUT2D eigenvalue weighted by molar-refractivity contribution is 8.15. The molecule has 1 saturated heterocycles. The van der Waals surface area contributed by atoms with Crippen LogP contribution in [0.2, 0.25) is 0 Å². The van der Waals surface area contributed by atoms with Gasteiger partial charge in [-0.2, -0.15) is 11.8 Å². The monoisotopic (exact) mass is 207 g/mol. The maximum Gasteiger partial charge on any atom is 0.0594 e. The molecular weight excluding hydrogens is 190 g/mol. The van der Waals surface area contributed by atoms with Gasteiger partial charge in [0.1, 0.15) is 0 Å². The van der Waals surface area contributed by atoms with E-state index in [9.17, 15) is 0 Å². The molecule has 12 heavy (non-hydrogen) atoms. The van der Waals surface area contributed by atoms with Crippen LogP contribution >= 0.6 is 23.5 Å². The van der Waals surface area contributed by atoms with Crippen molar-refractivity contribution in [1.82, 2.24) is 4.90 Å². The van der Waals surface area contributed by atoms with Gasteiger partial charge >= 0.3 is 0 Å². The first-order chi connectivity index (χ1) is 5.93. The standard InChI is InChI=1S/C8H17NOS2/c1-11-8-12-7-4-9-2-5-10-6-3-9/h2-8H2,1H3. The first kappa shape index (κ1) is 10.7. The minimum atomic E-state index is 0.924. The van der Waals surface area contributed by atoms with E-state index in [-0.39, 0.29) is 0 Å². The van der Waals surface area contributed by atoms with E-state index in [0.717, 1.165) is 26.3 Å². The van der Waals surface area contributed by atoms with Crippen molar-refractivity contribution in [2.45, 2.75) is 0 Å². The van der Waals surface area contributed by atoms with Crippen LogP contribution in [0, 0.1) is 0 Å². The number of rotatable bonds is 5. The number of hydrogen-bond donors (Lipinski definition) is 0.